The van der Waals surface area contributed by atoms with Crippen LogP contribution in [0.2, 0.25) is 0 Å². The molecule has 1 nitrogen and oxygen atoms in total. The van der Waals surface area contributed by atoms with Gasteiger partial charge in [0.15, 0.2) is 0 Å². The van der Waals surface area contributed by atoms with Gasteiger partial charge in [-0.2, -0.15) is 26.3 Å². The van der Waals surface area contributed by atoms with E-state index in [0.29, 0.717) is 13.0 Å². The highest BCUT2D eigenvalue weighted by Crippen LogP contribution is 2.38. The van der Waals surface area contributed by atoms with Crippen molar-refractivity contribution < 1.29 is 26.3 Å². The smallest absolute Gasteiger partial charge is 0.310 e. The predicted octanol–water partition coefficient (Wildman–Crippen LogP) is 4.15. The Balaban J connectivity index is 2.48. The molecule has 1 fully saturated rings. The summed E-state index contributed by atoms with van der Waals surface area (Å²) in [5.41, 5.74) is -2.48. The molecule has 0 amide bonds. The summed E-state index contributed by atoms with van der Waals surface area (Å²) < 4.78 is 75.8. The Labute approximate surface area is 105 Å². The fraction of sp³-hybridized carbons (Fsp3) is 0.500. The van der Waals surface area contributed by atoms with E-state index in [0.717, 1.165) is 18.6 Å². The maximum atomic E-state index is 12.6. The molecule has 0 unspecified atom stereocenters. The molecule has 0 aliphatic carbocycles. The summed E-state index contributed by atoms with van der Waals surface area (Å²) in [6, 6.07) is 1.29. The van der Waals surface area contributed by atoms with E-state index in [1.807, 2.05) is 0 Å². The van der Waals surface area contributed by atoms with Crippen molar-refractivity contribution in [2.45, 2.75) is 31.2 Å². The first kappa shape index (κ1) is 14.2. The van der Waals surface area contributed by atoms with E-state index < -0.39 is 29.5 Å². The van der Waals surface area contributed by atoms with Crippen molar-refractivity contribution in [2.24, 2.45) is 0 Å². The number of rotatable bonds is 1. The molecule has 0 spiro atoms. The summed E-state index contributed by atoms with van der Waals surface area (Å²) in [7, 11) is 0. The molecule has 19 heavy (non-hydrogen) atoms. The van der Waals surface area contributed by atoms with Gasteiger partial charge in [0.2, 0.25) is 0 Å². The lowest BCUT2D eigenvalue weighted by atomic mass is 9.98. The standard InChI is InChI=1S/C12H11F6N/c13-11(14,15)8-4-7(10-2-1-3-19-10)5-9(6-8)12(16,17)18/h4-6,10,19H,1-3H2/t10-/m1/s1. The molecule has 106 valence electrons. The van der Waals surface area contributed by atoms with Crippen LogP contribution in [-0.4, -0.2) is 6.54 Å². The van der Waals surface area contributed by atoms with Crippen molar-refractivity contribution >= 4 is 0 Å². The number of nitrogens with one attached hydrogen (secondary N) is 1. The molecule has 0 aromatic heterocycles. The zero-order chi connectivity index (χ0) is 14.3. The summed E-state index contributed by atoms with van der Waals surface area (Å²) in [5, 5.41) is 2.90. The quantitative estimate of drug-likeness (QED) is 0.763. The largest absolute Gasteiger partial charge is 0.416 e. The van der Waals surface area contributed by atoms with Crippen molar-refractivity contribution in [3.05, 3.63) is 34.9 Å². The van der Waals surface area contributed by atoms with E-state index in [-0.39, 0.29) is 11.6 Å². The Morgan fingerprint density at radius 2 is 1.42 bits per heavy atom. The summed E-state index contributed by atoms with van der Waals surface area (Å²) in [6.07, 6.45) is -8.29. The number of alkyl halides is 6. The van der Waals surface area contributed by atoms with Gasteiger partial charge in [-0.15, -0.1) is 0 Å². The van der Waals surface area contributed by atoms with Gasteiger partial charge in [0.05, 0.1) is 11.1 Å². The summed E-state index contributed by atoms with van der Waals surface area (Å²) in [6.45, 7) is 0.599. The number of hydrogen-bond acceptors (Lipinski definition) is 1. The molecule has 1 heterocycles. The van der Waals surface area contributed by atoms with Crippen molar-refractivity contribution in [3.8, 4) is 0 Å². The van der Waals surface area contributed by atoms with Gasteiger partial charge < -0.3 is 5.32 Å². The Bertz CT molecular complexity index is 424. The topological polar surface area (TPSA) is 12.0 Å². The molecule has 1 aliphatic heterocycles. The van der Waals surface area contributed by atoms with Crippen LogP contribution < -0.4 is 5.32 Å². The normalized spacial score (nSPS) is 20.8. The summed E-state index contributed by atoms with van der Waals surface area (Å²) >= 11 is 0. The van der Waals surface area contributed by atoms with E-state index in [4.69, 9.17) is 0 Å². The lowest BCUT2D eigenvalue weighted by Crippen LogP contribution is -2.17. The van der Waals surface area contributed by atoms with Crippen molar-refractivity contribution in [1.29, 1.82) is 0 Å². The average molecular weight is 283 g/mol. The highest BCUT2D eigenvalue weighted by molar-refractivity contribution is 5.35. The molecule has 0 saturated carbocycles. The second-order valence-corrected chi connectivity index (χ2v) is 4.49. The lowest BCUT2D eigenvalue weighted by molar-refractivity contribution is -0.143. The van der Waals surface area contributed by atoms with E-state index >= 15 is 0 Å². The number of benzene rings is 1. The molecule has 1 saturated heterocycles. The first-order valence-electron chi connectivity index (χ1n) is 5.71. The molecule has 1 atom stereocenters. The van der Waals surface area contributed by atoms with Crippen molar-refractivity contribution in [2.75, 3.05) is 6.54 Å². The summed E-state index contributed by atoms with van der Waals surface area (Å²) in [5.74, 6) is 0. The lowest BCUT2D eigenvalue weighted by Gasteiger charge is -2.17. The van der Waals surface area contributed by atoms with Crippen LogP contribution in [0.25, 0.3) is 0 Å². The maximum Gasteiger partial charge on any atom is 0.416 e. The summed E-state index contributed by atoms with van der Waals surface area (Å²) in [4.78, 5) is 0. The Kier molecular flexibility index (Phi) is 3.51. The van der Waals surface area contributed by atoms with Gasteiger partial charge in [0.25, 0.3) is 0 Å². The van der Waals surface area contributed by atoms with Gasteiger partial charge in [-0.1, -0.05) is 0 Å². The van der Waals surface area contributed by atoms with Crippen LogP contribution in [-0.2, 0) is 12.4 Å². The first-order valence-corrected chi connectivity index (χ1v) is 5.71. The van der Waals surface area contributed by atoms with Gasteiger partial charge in [-0.05, 0) is 43.1 Å². The highest BCUT2D eigenvalue weighted by Gasteiger charge is 2.37. The van der Waals surface area contributed by atoms with Crippen LogP contribution in [0.1, 0.15) is 35.6 Å². The fourth-order valence-corrected chi connectivity index (χ4v) is 2.15. The van der Waals surface area contributed by atoms with E-state index in [1.54, 1.807) is 0 Å². The molecule has 0 bridgehead atoms. The minimum Gasteiger partial charge on any atom is -0.310 e. The first-order chi connectivity index (χ1) is 8.68. The Morgan fingerprint density at radius 3 is 1.79 bits per heavy atom. The average Bonchev–Trinajstić information content (AvgIpc) is 2.79. The van der Waals surface area contributed by atoms with E-state index in [9.17, 15) is 26.3 Å². The van der Waals surface area contributed by atoms with Gasteiger partial charge in [-0.25, -0.2) is 0 Å². The van der Waals surface area contributed by atoms with Crippen LogP contribution in [0.5, 0.6) is 0 Å². The maximum absolute atomic E-state index is 12.6. The zero-order valence-corrected chi connectivity index (χ0v) is 9.70. The molecule has 1 aromatic rings. The molecule has 1 aromatic carbocycles. The second-order valence-electron chi connectivity index (χ2n) is 4.49. The molecule has 0 radical (unpaired) electrons. The van der Waals surface area contributed by atoms with E-state index in [1.165, 1.54) is 0 Å². The third-order valence-corrected chi connectivity index (χ3v) is 3.07. The minimum atomic E-state index is -4.78. The van der Waals surface area contributed by atoms with Crippen molar-refractivity contribution in [1.82, 2.24) is 5.32 Å². The van der Waals surface area contributed by atoms with Gasteiger partial charge >= 0.3 is 12.4 Å². The SMILES string of the molecule is FC(F)(F)c1cc([C@H]2CCCN2)cc(C(F)(F)F)c1. The van der Waals surface area contributed by atoms with Crippen LogP contribution in [0.15, 0.2) is 18.2 Å². The predicted molar refractivity (Wildman–Crippen MR) is 56.4 cm³/mol. The molecular formula is C12H11F6N. The monoisotopic (exact) mass is 283 g/mol. The molecule has 1 aliphatic rings. The van der Waals surface area contributed by atoms with E-state index in [2.05, 4.69) is 5.32 Å². The highest BCUT2D eigenvalue weighted by atomic mass is 19.4. The van der Waals surface area contributed by atoms with Gasteiger partial charge in [-0.3, -0.25) is 0 Å². The fourth-order valence-electron chi connectivity index (χ4n) is 2.15. The Morgan fingerprint density at radius 1 is 0.895 bits per heavy atom. The third-order valence-electron chi connectivity index (χ3n) is 3.07. The zero-order valence-electron chi connectivity index (χ0n) is 9.70. The van der Waals surface area contributed by atoms with Gasteiger partial charge in [0, 0.05) is 6.04 Å². The second kappa shape index (κ2) is 4.70. The number of halogens is 6. The minimum absolute atomic E-state index is 0.0413. The van der Waals surface area contributed by atoms with Crippen LogP contribution in [0, 0.1) is 0 Å². The number of hydrogen-bond donors (Lipinski definition) is 1. The van der Waals surface area contributed by atoms with Crippen molar-refractivity contribution in [3.63, 3.8) is 0 Å². The van der Waals surface area contributed by atoms with Crippen LogP contribution in [0.3, 0.4) is 0 Å². The molecule has 7 heteroatoms. The van der Waals surface area contributed by atoms with Crippen LogP contribution >= 0.6 is 0 Å². The molecule has 2 rings (SSSR count). The van der Waals surface area contributed by atoms with Crippen LogP contribution in [0.4, 0.5) is 26.3 Å². The van der Waals surface area contributed by atoms with Gasteiger partial charge in [0.1, 0.15) is 0 Å². The molecular weight excluding hydrogens is 272 g/mol. The third kappa shape index (κ3) is 3.20. The molecule has 1 N–H and O–H groups in total. The Hall–Kier alpha value is -1.24.